The van der Waals surface area contributed by atoms with Gasteiger partial charge < -0.3 is 14.8 Å². The van der Waals surface area contributed by atoms with Crippen LogP contribution in [0.15, 0.2) is 48.7 Å². The van der Waals surface area contributed by atoms with Crippen LogP contribution in [0.2, 0.25) is 5.02 Å². The van der Waals surface area contributed by atoms with Crippen LogP contribution in [0, 0.1) is 0 Å². The first kappa shape index (κ1) is 17.0. The molecule has 1 atom stereocenters. The Hall–Kier alpha value is -2.79. The van der Waals surface area contributed by atoms with E-state index in [1.54, 1.807) is 55.8 Å². The van der Waals surface area contributed by atoms with Crippen molar-refractivity contribution in [3.63, 3.8) is 0 Å². The number of hydrogen-bond acceptors (Lipinski definition) is 3. The average Bonchev–Trinajstić information content (AvgIpc) is 3.01. The quantitative estimate of drug-likeness (QED) is 0.645. The highest BCUT2D eigenvalue weighted by Gasteiger charge is 2.26. The van der Waals surface area contributed by atoms with Crippen LogP contribution in [-0.4, -0.2) is 29.0 Å². The number of methoxy groups -OCH3 is 1. The van der Waals surface area contributed by atoms with Crippen LogP contribution >= 0.6 is 11.6 Å². The lowest BCUT2D eigenvalue weighted by Gasteiger charge is -2.11. The van der Waals surface area contributed by atoms with Crippen molar-refractivity contribution in [1.82, 2.24) is 4.98 Å². The number of benzene rings is 2. The number of carbonyl (C=O) groups is 2. The number of halogens is 1. The standard InChI is InChI=1S/C19H16ClNO4/c1-25-13-5-6-14-16(10-21-17(14)8-13)15(19(23)24)9-18(22)11-3-2-4-12(20)7-11/h2-8,10,15,21H,9H2,1H3,(H,23,24). The van der Waals surface area contributed by atoms with E-state index in [4.69, 9.17) is 16.3 Å². The molecule has 0 amide bonds. The minimum Gasteiger partial charge on any atom is -0.497 e. The van der Waals surface area contributed by atoms with Crippen molar-refractivity contribution in [3.8, 4) is 5.75 Å². The Labute approximate surface area is 149 Å². The van der Waals surface area contributed by atoms with E-state index in [0.29, 0.717) is 21.9 Å². The highest BCUT2D eigenvalue weighted by Crippen LogP contribution is 2.31. The molecule has 128 valence electrons. The molecule has 0 saturated heterocycles. The molecule has 0 spiro atoms. The number of carbonyl (C=O) groups excluding carboxylic acids is 1. The number of aromatic amines is 1. The van der Waals surface area contributed by atoms with E-state index in [2.05, 4.69) is 4.98 Å². The topological polar surface area (TPSA) is 79.4 Å². The van der Waals surface area contributed by atoms with Gasteiger partial charge in [0.05, 0.1) is 13.0 Å². The number of ketones is 1. The van der Waals surface area contributed by atoms with Gasteiger partial charge in [0.2, 0.25) is 0 Å². The van der Waals surface area contributed by atoms with Crippen LogP contribution in [0.25, 0.3) is 10.9 Å². The maximum Gasteiger partial charge on any atom is 0.311 e. The van der Waals surface area contributed by atoms with Gasteiger partial charge in [-0.2, -0.15) is 0 Å². The highest BCUT2D eigenvalue weighted by molar-refractivity contribution is 6.31. The van der Waals surface area contributed by atoms with Crippen molar-refractivity contribution in [2.45, 2.75) is 12.3 Å². The van der Waals surface area contributed by atoms with Crippen molar-refractivity contribution in [1.29, 1.82) is 0 Å². The van der Waals surface area contributed by atoms with Gasteiger partial charge in [0.1, 0.15) is 5.75 Å². The van der Waals surface area contributed by atoms with Crippen molar-refractivity contribution in [2.75, 3.05) is 7.11 Å². The molecule has 6 heteroatoms. The number of hydrogen-bond donors (Lipinski definition) is 2. The maximum atomic E-state index is 12.5. The molecule has 0 aliphatic rings. The van der Waals surface area contributed by atoms with Gasteiger partial charge in [-0.1, -0.05) is 23.7 Å². The second-order valence-corrected chi connectivity index (χ2v) is 6.12. The minimum absolute atomic E-state index is 0.144. The van der Waals surface area contributed by atoms with Crippen molar-refractivity contribution >= 4 is 34.3 Å². The van der Waals surface area contributed by atoms with Crippen molar-refractivity contribution in [3.05, 3.63) is 64.8 Å². The van der Waals surface area contributed by atoms with Gasteiger partial charge in [0.25, 0.3) is 0 Å². The lowest BCUT2D eigenvalue weighted by atomic mass is 9.91. The van der Waals surface area contributed by atoms with E-state index >= 15 is 0 Å². The van der Waals surface area contributed by atoms with Crippen LogP contribution in [-0.2, 0) is 4.79 Å². The first-order valence-corrected chi connectivity index (χ1v) is 8.04. The SMILES string of the molecule is COc1ccc2c(C(CC(=O)c3cccc(Cl)c3)C(=O)O)c[nH]c2c1. The van der Waals surface area contributed by atoms with E-state index in [1.807, 2.05) is 0 Å². The predicted molar refractivity (Wildman–Crippen MR) is 95.6 cm³/mol. The summed E-state index contributed by atoms with van der Waals surface area (Å²) in [5.74, 6) is -1.60. The normalized spacial score (nSPS) is 12.1. The highest BCUT2D eigenvalue weighted by atomic mass is 35.5. The summed E-state index contributed by atoms with van der Waals surface area (Å²) >= 11 is 5.91. The number of H-pyrrole nitrogens is 1. The maximum absolute atomic E-state index is 12.5. The van der Waals surface area contributed by atoms with Gasteiger partial charge in [-0.05, 0) is 29.8 Å². The van der Waals surface area contributed by atoms with E-state index in [9.17, 15) is 14.7 Å². The third-order valence-corrected chi connectivity index (χ3v) is 4.37. The largest absolute Gasteiger partial charge is 0.497 e. The fraction of sp³-hybridized carbons (Fsp3) is 0.158. The number of Topliss-reactive ketones (excluding diaryl/α,β-unsaturated/α-hetero) is 1. The van der Waals surface area contributed by atoms with Crippen molar-refractivity contribution in [2.24, 2.45) is 0 Å². The average molecular weight is 358 g/mol. The minimum atomic E-state index is -1.05. The number of nitrogens with one attached hydrogen (secondary N) is 1. The fourth-order valence-electron chi connectivity index (χ4n) is 2.84. The molecular weight excluding hydrogens is 342 g/mol. The van der Waals surface area contributed by atoms with Crippen LogP contribution in [0.5, 0.6) is 5.75 Å². The number of fused-ring (bicyclic) bond motifs is 1. The molecule has 1 unspecified atom stereocenters. The number of rotatable bonds is 6. The molecule has 0 bridgehead atoms. The third kappa shape index (κ3) is 3.51. The zero-order chi connectivity index (χ0) is 18.0. The van der Waals surface area contributed by atoms with Crippen LogP contribution < -0.4 is 4.74 Å². The fourth-order valence-corrected chi connectivity index (χ4v) is 3.03. The summed E-state index contributed by atoms with van der Waals surface area (Å²) in [6, 6.07) is 11.9. The monoisotopic (exact) mass is 357 g/mol. The molecular formula is C19H16ClNO4. The predicted octanol–water partition coefficient (Wildman–Crippen LogP) is 4.27. The van der Waals surface area contributed by atoms with Crippen LogP contribution in [0.1, 0.15) is 28.3 Å². The van der Waals surface area contributed by atoms with Gasteiger partial charge in [-0.15, -0.1) is 0 Å². The zero-order valence-electron chi connectivity index (χ0n) is 13.5. The lowest BCUT2D eigenvalue weighted by Crippen LogP contribution is -2.16. The summed E-state index contributed by atoms with van der Waals surface area (Å²) in [6.07, 6.45) is 1.49. The molecule has 2 N–H and O–H groups in total. The molecule has 0 aliphatic heterocycles. The van der Waals surface area contributed by atoms with Crippen LogP contribution in [0.3, 0.4) is 0 Å². The number of aromatic nitrogens is 1. The Kier molecular flexibility index (Phi) is 4.76. The Morgan fingerprint density at radius 3 is 2.72 bits per heavy atom. The van der Waals surface area contributed by atoms with Gasteiger partial charge in [0, 0.05) is 40.2 Å². The lowest BCUT2D eigenvalue weighted by molar-refractivity contribution is -0.138. The molecule has 0 fully saturated rings. The van der Waals surface area contributed by atoms with E-state index in [-0.39, 0.29) is 12.2 Å². The molecule has 25 heavy (non-hydrogen) atoms. The molecule has 3 aromatic rings. The van der Waals surface area contributed by atoms with Crippen LogP contribution in [0.4, 0.5) is 0 Å². The summed E-state index contributed by atoms with van der Waals surface area (Å²) in [4.78, 5) is 27.3. The summed E-state index contributed by atoms with van der Waals surface area (Å²) in [5.41, 5.74) is 1.73. The van der Waals surface area contributed by atoms with E-state index in [0.717, 1.165) is 10.9 Å². The van der Waals surface area contributed by atoms with Gasteiger partial charge >= 0.3 is 5.97 Å². The van der Waals surface area contributed by atoms with Gasteiger partial charge in [-0.25, -0.2) is 0 Å². The summed E-state index contributed by atoms with van der Waals surface area (Å²) < 4.78 is 5.17. The molecule has 3 rings (SSSR count). The summed E-state index contributed by atoms with van der Waals surface area (Å²) in [6.45, 7) is 0. The molecule has 2 aromatic carbocycles. The first-order chi connectivity index (χ1) is 12.0. The number of aliphatic carboxylic acids is 1. The smallest absolute Gasteiger partial charge is 0.311 e. The number of carboxylic acid groups (broad SMARTS) is 1. The first-order valence-electron chi connectivity index (χ1n) is 7.66. The van der Waals surface area contributed by atoms with E-state index in [1.165, 1.54) is 0 Å². The van der Waals surface area contributed by atoms with Gasteiger partial charge in [-0.3, -0.25) is 9.59 Å². The Bertz CT molecular complexity index is 948. The van der Waals surface area contributed by atoms with E-state index < -0.39 is 11.9 Å². The number of ether oxygens (including phenoxy) is 1. The molecule has 0 aliphatic carbocycles. The van der Waals surface area contributed by atoms with Gasteiger partial charge in [0.15, 0.2) is 5.78 Å². The Morgan fingerprint density at radius 2 is 2.04 bits per heavy atom. The molecule has 1 heterocycles. The third-order valence-electron chi connectivity index (χ3n) is 4.13. The summed E-state index contributed by atoms with van der Waals surface area (Å²) in [7, 11) is 1.56. The molecule has 0 saturated carbocycles. The second kappa shape index (κ2) is 6.99. The zero-order valence-corrected chi connectivity index (χ0v) is 14.2. The van der Waals surface area contributed by atoms with Crippen molar-refractivity contribution < 1.29 is 19.4 Å². The Morgan fingerprint density at radius 1 is 1.24 bits per heavy atom. The summed E-state index contributed by atoms with van der Waals surface area (Å²) in [5, 5.41) is 10.8. The molecule has 0 radical (unpaired) electrons. The molecule has 1 aromatic heterocycles. The second-order valence-electron chi connectivity index (χ2n) is 5.68. The Balaban J connectivity index is 1.94. The number of carboxylic acids is 1. The molecule has 5 nitrogen and oxygen atoms in total.